The number of methoxy groups -OCH3 is 1. The van der Waals surface area contributed by atoms with Crippen LogP contribution in [0.3, 0.4) is 0 Å². The van der Waals surface area contributed by atoms with E-state index in [0.717, 1.165) is 16.8 Å². The predicted octanol–water partition coefficient (Wildman–Crippen LogP) is 6.11. The van der Waals surface area contributed by atoms with E-state index in [-0.39, 0.29) is 5.75 Å². The van der Waals surface area contributed by atoms with E-state index in [0.29, 0.717) is 28.3 Å². The van der Waals surface area contributed by atoms with Gasteiger partial charge in [0.1, 0.15) is 17.0 Å². The average Bonchev–Trinajstić information content (AvgIpc) is 3.16. The highest BCUT2D eigenvalue weighted by Gasteiger charge is 2.31. The van der Waals surface area contributed by atoms with E-state index in [1.165, 1.54) is 12.1 Å². The van der Waals surface area contributed by atoms with Crippen LogP contribution in [0.15, 0.2) is 65.1 Å². The molecule has 0 unspecified atom stereocenters. The van der Waals surface area contributed by atoms with Gasteiger partial charge in [-0.25, -0.2) is 4.98 Å². The Hall–Kier alpha value is -3.68. The van der Waals surface area contributed by atoms with Gasteiger partial charge < -0.3 is 19.2 Å². The molecule has 1 aromatic heterocycles. The number of rotatable bonds is 5. The van der Waals surface area contributed by atoms with E-state index in [2.05, 4.69) is 15.0 Å². The number of nitrogens with zero attached hydrogens (tertiary/aromatic N) is 1. The summed E-state index contributed by atoms with van der Waals surface area (Å²) in [6.07, 6.45) is -4.72. The predicted molar refractivity (Wildman–Crippen MR) is 108 cm³/mol. The molecule has 1 N–H and O–H groups in total. The van der Waals surface area contributed by atoms with Crippen molar-refractivity contribution < 1.29 is 27.1 Å². The van der Waals surface area contributed by atoms with Crippen molar-refractivity contribution in [3.63, 3.8) is 0 Å². The first-order chi connectivity index (χ1) is 14.4. The van der Waals surface area contributed by atoms with E-state index < -0.39 is 6.36 Å². The molecular formula is C22H17F3N2O3. The number of hydrogen-bond acceptors (Lipinski definition) is 5. The summed E-state index contributed by atoms with van der Waals surface area (Å²) in [5, 5.41) is 3.07. The lowest BCUT2D eigenvalue weighted by Crippen LogP contribution is -2.16. The van der Waals surface area contributed by atoms with Crippen molar-refractivity contribution in [2.24, 2.45) is 0 Å². The molecule has 0 aliphatic rings. The van der Waals surface area contributed by atoms with Crippen LogP contribution in [0.1, 0.15) is 0 Å². The molecule has 5 nitrogen and oxygen atoms in total. The Kier molecular flexibility index (Phi) is 4.99. The third kappa shape index (κ3) is 4.03. The Morgan fingerprint density at radius 2 is 1.67 bits per heavy atom. The minimum Gasteiger partial charge on any atom is -0.496 e. The van der Waals surface area contributed by atoms with Crippen LogP contribution in [-0.2, 0) is 0 Å². The van der Waals surface area contributed by atoms with Crippen LogP contribution >= 0.6 is 0 Å². The van der Waals surface area contributed by atoms with Gasteiger partial charge in [0.25, 0.3) is 0 Å². The number of hydrogen-bond donors (Lipinski definition) is 1. The second-order valence-corrected chi connectivity index (χ2v) is 6.44. The lowest BCUT2D eigenvalue weighted by Gasteiger charge is -2.09. The summed E-state index contributed by atoms with van der Waals surface area (Å²) in [5.41, 5.74) is 4.31. The number of oxazole rings is 1. The molecule has 3 aromatic carbocycles. The lowest BCUT2D eigenvalue weighted by atomic mass is 10.1. The molecule has 0 atom stereocenters. The zero-order valence-electron chi connectivity index (χ0n) is 16.1. The smallest absolute Gasteiger partial charge is 0.496 e. The normalized spacial score (nSPS) is 11.5. The molecule has 1 heterocycles. The Labute approximate surface area is 170 Å². The van der Waals surface area contributed by atoms with E-state index in [1.54, 1.807) is 25.3 Å². The zero-order valence-corrected chi connectivity index (χ0v) is 16.1. The molecule has 154 valence electrons. The first kappa shape index (κ1) is 19.6. The van der Waals surface area contributed by atoms with Gasteiger partial charge in [-0.2, -0.15) is 0 Å². The standard InChI is InChI=1S/C22H17F3N2O3/c1-26-15-6-10-19(28-2)17(12-15)21-27-18-11-14(5-9-20(18)29-21)13-3-7-16(8-4-13)30-22(23,24)25/h3-12,26H,1-2H3. The molecule has 4 aromatic rings. The summed E-state index contributed by atoms with van der Waals surface area (Å²) in [7, 11) is 3.39. The first-order valence-corrected chi connectivity index (χ1v) is 8.99. The fraction of sp³-hybridized carbons (Fsp3) is 0.136. The maximum Gasteiger partial charge on any atom is 0.573 e. The molecule has 30 heavy (non-hydrogen) atoms. The molecule has 0 spiro atoms. The van der Waals surface area contributed by atoms with Gasteiger partial charge in [-0.1, -0.05) is 18.2 Å². The van der Waals surface area contributed by atoms with Crippen molar-refractivity contribution in [1.29, 1.82) is 0 Å². The van der Waals surface area contributed by atoms with Crippen LogP contribution in [0.4, 0.5) is 18.9 Å². The summed E-state index contributed by atoms with van der Waals surface area (Å²) >= 11 is 0. The van der Waals surface area contributed by atoms with Crippen molar-refractivity contribution in [3.8, 4) is 34.1 Å². The van der Waals surface area contributed by atoms with Gasteiger partial charge in [-0.3, -0.25) is 0 Å². The number of halogens is 3. The molecular weight excluding hydrogens is 397 g/mol. The van der Waals surface area contributed by atoms with Gasteiger partial charge in [0.05, 0.1) is 12.7 Å². The monoisotopic (exact) mass is 414 g/mol. The summed E-state index contributed by atoms with van der Waals surface area (Å²) in [6.45, 7) is 0. The fourth-order valence-electron chi connectivity index (χ4n) is 3.10. The summed E-state index contributed by atoms with van der Waals surface area (Å²) in [6, 6.07) is 16.7. The van der Waals surface area contributed by atoms with Gasteiger partial charge in [-0.15, -0.1) is 13.2 Å². The van der Waals surface area contributed by atoms with Crippen LogP contribution in [0.5, 0.6) is 11.5 Å². The van der Waals surface area contributed by atoms with Gasteiger partial charge in [0, 0.05) is 12.7 Å². The van der Waals surface area contributed by atoms with Gasteiger partial charge in [-0.05, 0) is 53.6 Å². The average molecular weight is 414 g/mol. The van der Waals surface area contributed by atoms with Gasteiger partial charge in [0.15, 0.2) is 5.58 Å². The van der Waals surface area contributed by atoms with Crippen LogP contribution in [-0.4, -0.2) is 25.5 Å². The summed E-state index contributed by atoms with van der Waals surface area (Å²) in [4.78, 5) is 4.57. The third-order valence-electron chi connectivity index (χ3n) is 4.53. The highest BCUT2D eigenvalue weighted by atomic mass is 19.4. The summed E-state index contributed by atoms with van der Waals surface area (Å²) in [5.74, 6) is 0.763. The highest BCUT2D eigenvalue weighted by molar-refractivity contribution is 5.83. The van der Waals surface area contributed by atoms with E-state index >= 15 is 0 Å². The lowest BCUT2D eigenvalue weighted by molar-refractivity contribution is -0.274. The number of fused-ring (bicyclic) bond motifs is 1. The Morgan fingerprint density at radius 1 is 0.933 bits per heavy atom. The molecule has 0 amide bonds. The molecule has 0 fully saturated rings. The second kappa shape index (κ2) is 7.62. The van der Waals surface area contributed by atoms with Crippen LogP contribution in [0.25, 0.3) is 33.7 Å². The van der Waals surface area contributed by atoms with Crippen molar-refractivity contribution in [3.05, 3.63) is 60.7 Å². The van der Waals surface area contributed by atoms with E-state index in [9.17, 15) is 13.2 Å². The third-order valence-corrected chi connectivity index (χ3v) is 4.53. The largest absolute Gasteiger partial charge is 0.573 e. The molecule has 4 rings (SSSR count). The molecule has 0 aliphatic heterocycles. The maximum absolute atomic E-state index is 12.3. The van der Waals surface area contributed by atoms with Crippen molar-refractivity contribution in [2.45, 2.75) is 6.36 Å². The SMILES string of the molecule is CNc1ccc(OC)c(-c2nc3cc(-c4ccc(OC(F)(F)F)cc4)ccc3o2)c1. The number of alkyl halides is 3. The van der Waals surface area contributed by atoms with Crippen LogP contribution < -0.4 is 14.8 Å². The fourth-order valence-corrected chi connectivity index (χ4v) is 3.10. The minimum atomic E-state index is -4.72. The number of aromatic nitrogens is 1. The van der Waals surface area contributed by atoms with Crippen LogP contribution in [0, 0.1) is 0 Å². The van der Waals surface area contributed by atoms with Crippen molar-refractivity contribution in [1.82, 2.24) is 4.98 Å². The Bertz CT molecular complexity index is 1180. The Morgan fingerprint density at radius 3 is 2.33 bits per heavy atom. The van der Waals surface area contributed by atoms with E-state index in [4.69, 9.17) is 9.15 Å². The Balaban J connectivity index is 1.68. The molecule has 0 saturated heterocycles. The number of nitrogens with one attached hydrogen (secondary N) is 1. The number of anilines is 1. The maximum atomic E-state index is 12.3. The van der Waals surface area contributed by atoms with Crippen molar-refractivity contribution in [2.75, 3.05) is 19.5 Å². The quantitative estimate of drug-likeness (QED) is 0.427. The molecule has 0 saturated carbocycles. The molecule has 8 heteroatoms. The number of ether oxygens (including phenoxy) is 2. The van der Waals surface area contributed by atoms with Crippen molar-refractivity contribution >= 4 is 16.8 Å². The molecule has 0 radical (unpaired) electrons. The van der Waals surface area contributed by atoms with Gasteiger partial charge >= 0.3 is 6.36 Å². The first-order valence-electron chi connectivity index (χ1n) is 8.99. The molecule has 0 bridgehead atoms. The second-order valence-electron chi connectivity index (χ2n) is 6.44. The van der Waals surface area contributed by atoms with Crippen LogP contribution in [0.2, 0.25) is 0 Å². The summed E-state index contributed by atoms with van der Waals surface area (Å²) < 4.78 is 52.2. The highest BCUT2D eigenvalue weighted by Crippen LogP contribution is 2.35. The molecule has 0 aliphatic carbocycles. The number of benzene rings is 3. The topological polar surface area (TPSA) is 56.5 Å². The zero-order chi connectivity index (χ0) is 21.3. The van der Waals surface area contributed by atoms with E-state index in [1.807, 2.05) is 37.4 Å². The van der Waals surface area contributed by atoms with Gasteiger partial charge in [0.2, 0.25) is 5.89 Å². The minimum absolute atomic E-state index is 0.271.